The molecule has 1 N–H and O–H groups in total. The molecule has 0 spiro atoms. The zero-order valence-corrected chi connectivity index (χ0v) is 14.1. The van der Waals surface area contributed by atoms with Crippen LogP contribution in [0.1, 0.15) is 63.2 Å². The standard InChI is InChI=1S/C15H24BrNOS/c1-2-3-4-5-6-7-8-9-15(18)17-12-14-13(16)10-11-19-14/h10-11H,2-9,12H2,1H3,(H,17,18). The molecule has 19 heavy (non-hydrogen) atoms. The number of amides is 1. The molecular weight excluding hydrogens is 322 g/mol. The Labute approximate surface area is 129 Å². The third kappa shape index (κ3) is 7.73. The van der Waals surface area contributed by atoms with E-state index < -0.39 is 0 Å². The van der Waals surface area contributed by atoms with Crippen LogP contribution in [0, 0.1) is 0 Å². The van der Waals surface area contributed by atoms with Crippen molar-refractivity contribution in [2.45, 2.75) is 64.8 Å². The van der Waals surface area contributed by atoms with Gasteiger partial charge in [0.15, 0.2) is 0 Å². The molecule has 1 aromatic rings. The Morgan fingerprint density at radius 3 is 2.53 bits per heavy atom. The van der Waals surface area contributed by atoms with E-state index in [2.05, 4.69) is 28.2 Å². The molecule has 4 heteroatoms. The molecule has 0 aliphatic carbocycles. The highest BCUT2D eigenvalue weighted by molar-refractivity contribution is 9.10. The molecule has 0 saturated carbocycles. The number of thiophene rings is 1. The molecule has 1 rings (SSSR count). The maximum atomic E-state index is 11.7. The summed E-state index contributed by atoms with van der Waals surface area (Å²) in [6, 6.07) is 2.02. The lowest BCUT2D eigenvalue weighted by Crippen LogP contribution is -2.21. The minimum Gasteiger partial charge on any atom is -0.351 e. The first-order valence-corrected chi connectivity index (χ1v) is 8.90. The van der Waals surface area contributed by atoms with Crippen molar-refractivity contribution in [3.05, 3.63) is 20.8 Å². The van der Waals surface area contributed by atoms with Crippen LogP contribution in [0.15, 0.2) is 15.9 Å². The Kier molecular flexibility index (Phi) is 9.18. The van der Waals surface area contributed by atoms with Crippen molar-refractivity contribution in [3.63, 3.8) is 0 Å². The fraction of sp³-hybridized carbons (Fsp3) is 0.667. The molecule has 1 heterocycles. The number of halogens is 1. The molecule has 1 amide bonds. The maximum absolute atomic E-state index is 11.7. The van der Waals surface area contributed by atoms with E-state index in [4.69, 9.17) is 0 Å². The molecule has 2 nitrogen and oxygen atoms in total. The van der Waals surface area contributed by atoms with E-state index in [1.54, 1.807) is 11.3 Å². The highest BCUT2D eigenvalue weighted by Gasteiger charge is 2.04. The fourth-order valence-corrected chi connectivity index (χ4v) is 3.39. The van der Waals surface area contributed by atoms with Crippen molar-refractivity contribution < 1.29 is 4.79 Å². The van der Waals surface area contributed by atoms with Crippen molar-refractivity contribution in [2.75, 3.05) is 0 Å². The van der Waals surface area contributed by atoms with Gasteiger partial charge in [-0.25, -0.2) is 0 Å². The van der Waals surface area contributed by atoms with Crippen LogP contribution in [-0.2, 0) is 11.3 Å². The smallest absolute Gasteiger partial charge is 0.220 e. The van der Waals surface area contributed by atoms with Gasteiger partial charge < -0.3 is 5.32 Å². The molecule has 0 fully saturated rings. The highest BCUT2D eigenvalue weighted by atomic mass is 79.9. The Bertz CT molecular complexity index is 365. The van der Waals surface area contributed by atoms with Crippen LogP contribution in [0.5, 0.6) is 0 Å². The molecule has 108 valence electrons. The first-order chi connectivity index (χ1) is 9.24. The Morgan fingerprint density at radius 2 is 1.89 bits per heavy atom. The number of hydrogen-bond donors (Lipinski definition) is 1. The molecule has 0 radical (unpaired) electrons. The Balaban J connectivity index is 1.98. The zero-order chi connectivity index (χ0) is 13.9. The fourth-order valence-electron chi connectivity index (χ4n) is 1.96. The number of hydrogen-bond acceptors (Lipinski definition) is 2. The van der Waals surface area contributed by atoms with Gasteiger partial charge in [-0.15, -0.1) is 11.3 Å². The lowest BCUT2D eigenvalue weighted by atomic mass is 10.1. The second-order valence-electron chi connectivity index (χ2n) is 4.84. The van der Waals surface area contributed by atoms with E-state index in [0.29, 0.717) is 13.0 Å². The van der Waals surface area contributed by atoms with Crippen LogP contribution in [0.4, 0.5) is 0 Å². The average Bonchev–Trinajstić information content (AvgIpc) is 2.81. The van der Waals surface area contributed by atoms with Crippen LogP contribution in [0.2, 0.25) is 0 Å². The van der Waals surface area contributed by atoms with E-state index in [1.807, 2.05) is 11.4 Å². The van der Waals surface area contributed by atoms with E-state index in [0.717, 1.165) is 10.9 Å². The van der Waals surface area contributed by atoms with Gasteiger partial charge in [-0.2, -0.15) is 0 Å². The summed E-state index contributed by atoms with van der Waals surface area (Å²) in [6.45, 7) is 2.88. The lowest BCUT2D eigenvalue weighted by molar-refractivity contribution is -0.121. The normalized spacial score (nSPS) is 10.6. The molecule has 0 aliphatic rings. The minimum atomic E-state index is 0.175. The van der Waals surface area contributed by atoms with Crippen LogP contribution in [0.3, 0.4) is 0 Å². The summed E-state index contributed by atoms with van der Waals surface area (Å²) >= 11 is 5.14. The van der Waals surface area contributed by atoms with E-state index in [1.165, 1.54) is 43.4 Å². The van der Waals surface area contributed by atoms with Crippen molar-refractivity contribution >= 4 is 33.2 Å². The monoisotopic (exact) mass is 345 g/mol. The Hall–Kier alpha value is -0.350. The largest absolute Gasteiger partial charge is 0.351 e. The summed E-state index contributed by atoms with van der Waals surface area (Å²) in [7, 11) is 0. The summed E-state index contributed by atoms with van der Waals surface area (Å²) in [5.41, 5.74) is 0. The van der Waals surface area contributed by atoms with Crippen LogP contribution in [0.25, 0.3) is 0 Å². The van der Waals surface area contributed by atoms with E-state index in [-0.39, 0.29) is 5.91 Å². The van der Waals surface area contributed by atoms with Gasteiger partial charge in [0.25, 0.3) is 0 Å². The van der Waals surface area contributed by atoms with Gasteiger partial charge in [0, 0.05) is 15.8 Å². The summed E-state index contributed by atoms with van der Waals surface area (Å²) in [5, 5.41) is 5.01. The first-order valence-electron chi connectivity index (χ1n) is 7.22. The highest BCUT2D eigenvalue weighted by Crippen LogP contribution is 2.22. The van der Waals surface area contributed by atoms with Crippen molar-refractivity contribution in [1.82, 2.24) is 5.32 Å². The third-order valence-corrected chi connectivity index (χ3v) is 5.07. The molecule has 0 saturated heterocycles. The summed E-state index contributed by atoms with van der Waals surface area (Å²) in [5.74, 6) is 0.175. The molecule has 0 atom stereocenters. The summed E-state index contributed by atoms with van der Waals surface area (Å²) < 4.78 is 1.09. The predicted molar refractivity (Wildman–Crippen MR) is 86.5 cm³/mol. The van der Waals surface area contributed by atoms with Crippen LogP contribution < -0.4 is 5.32 Å². The second-order valence-corrected chi connectivity index (χ2v) is 6.69. The topological polar surface area (TPSA) is 29.1 Å². The van der Waals surface area contributed by atoms with Crippen molar-refractivity contribution in [3.8, 4) is 0 Å². The van der Waals surface area contributed by atoms with Gasteiger partial charge in [0.2, 0.25) is 5.91 Å². The summed E-state index contributed by atoms with van der Waals surface area (Å²) in [6.07, 6.45) is 9.42. The molecular formula is C15H24BrNOS. The number of carbonyl (C=O) groups excluding carboxylic acids is 1. The number of nitrogens with one attached hydrogen (secondary N) is 1. The lowest BCUT2D eigenvalue weighted by Gasteiger charge is -2.04. The van der Waals surface area contributed by atoms with Gasteiger partial charge in [0.05, 0.1) is 6.54 Å². The van der Waals surface area contributed by atoms with Crippen LogP contribution >= 0.6 is 27.3 Å². The second kappa shape index (κ2) is 10.4. The maximum Gasteiger partial charge on any atom is 0.220 e. The van der Waals surface area contributed by atoms with Gasteiger partial charge >= 0.3 is 0 Å². The zero-order valence-electron chi connectivity index (χ0n) is 11.7. The third-order valence-electron chi connectivity index (χ3n) is 3.14. The number of unbranched alkanes of at least 4 members (excludes halogenated alkanes) is 6. The Morgan fingerprint density at radius 1 is 1.21 bits per heavy atom. The van der Waals surface area contributed by atoms with Crippen molar-refractivity contribution in [1.29, 1.82) is 0 Å². The average molecular weight is 346 g/mol. The van der Waals surface area contributed by atoms with Gasteiger partial charge in [-0.05, 0) is 33.8 Å². The predicted octanol–water partition coefficient (Wildman–Crippen LogP) is 5.27. The number of carbonyl (C=O) groups is 1. The first kappa shape index (κ1) is 16.7. The van der Waals surface area contributed by atoms with E-state index >= 15 is 0 Å². The van der Waals surface area contributed by atoms with Gasteiger partial charge in [-0.3, -0.25) is 4.79 Å². The quantitative estimate of drug-likeness (QED) is 0.575. The molecule has 1 aromatic heterocycles. The molecule has 0 aromatic carbocycles. The minimum absolute atomic E-state index is 0.175. The van der Waals surface area contributed by atoms with Crippen molar-refractivity contribution in [2.24, 2.45) is 0 Å². The summed E-state index contributed by atoms with van der Waals surface area (Å²) in [4.78, 5) is 12.9. The molecule has 0 aliphatic heterocycles. The van der Waals surface area contributed by atoms with Crippen LogP contribution in [-0.4, -0.2) is 5.91 Å². The molecule has 0 unspecified atom stereocenters. The SMILES string of the molecule is CCCCCCCCCC(=O)NCc1sccc1Br. The van der Waals surface area contributed by atoms with E-state index in [9.17, 15) is 4.79 Å². The van der Waals surface area contributed by atoms with Gasteiger partial charge in [0.1, 0.15) is 0 Å². The van der Waals surface area contributed by atoms with Gasteiger partial charge in [-0.1, -0.05) is 45.4 Å². The molecule has 0 bridgehead atoms. The number of rotatable bonds is 10.